The van der Waals surface area contributed by atoms with Crippen molar-refractivity contribution in [3.05, 3.63) is 36.3 Å². The van der Waals surface area contributed by atoms with Gasteiger partial charge in [-0.3, -0.25) is 4.79 Å². The van der Waals surface area contributed by atoms with Gasteiger partial charge in [0.25, 0.3) is 0 Å². The van der Waals surface area contributed by atoms with Crippen LogP contribution in [0.2, 0.25) is 0 Å². The normalized spacial score (nSPS) is 11.1. The third kappa shape index (κ3) is 2.88. The summed E-state index contributed by atoms with van der Waals surface area (Å²) in [7, 11) is 0. The van der Waals surface area contributed by atoms with Crippen molar-refractivity contribution in [2.24, 2.45) is 0 Å². The van der Waals surface area contributed by atoms with E-state index >= 15 is 0 Å². The summed E-state index contributed by atoms with van der Waals surface area (Å²) in [5, 5.41) is 3.83. The molecule has 4 heteroatoms. The summed E-state index contributed by atoms with van der Waals surface area (Å²) in [5.74, 6) is -0.239. The van der Waals surface area contributed by atoms with Crippen molar-refractivity contribution in [2.75, 3.05) is 0 Å². The first-order chi connectivity index (χ1) is 8.56. The summed E-state index contributed by atoms with van der Waals surface area (Å²) < 4.78 is 15.1. The van der Waals surface area contributed by atoms with Gasteiger partial charge in [-0.05, 0) is 43.5 Å². The van der Waals surface area contributed by atoms with Crippen LogP contribution in [0.3, 0.4) is 0 Å². The van der Waals surface area contributed by atoms with E-state index in [0.29, 0.717) is 13.0 Å². The van der Waals surface area contributed by atoms with Crippen molar-refractivity contribution in [1.29, 1.82) is 0 Å². The molecule has 0 spiro atoms. The number of hydrogen-bond acceptors (Lipinski definition) is 1. The highest BCUT2D eigenvalue weighted by atomic mass is 19.1. The van der Waals surface area contributed by atoms with Crippen LogP contribution in [0.1, 0.15) is 20.3 Å². The maximum Gasteiger partial charge on any atom is 0.221 e. The van der Waals surface area contributed by atoms with Crippen LogP contribution in [0, 0.1) is 5.82 Å². The van der Waals surface area contributed by atoms with E-state index in [2.05, 4.69) is 5.32 Å². The first kappa shape index (κ1) is 12.6. The second-order valence-corrected chi connectivity index (χ2v) is 4.68. The minimum Gasteiger partial charge on any atom is -0.354 e. The van der Waals surface area contributed by atoms with Crippen LogP contribution in [0.4, 0.5) is 4.39 Å². The molecule has 2 aromatic rings. The number of aryl methyl sites for hydroxylation is 1. The van der Waals surface area contributed by atoms with Gasteiger partial charge < -0.3 is 9.88 Å². The second-order valence-electron chi connectivity index (χ2n) is 4.68. The van der Waals surface area contributed by atoms with Gasteiger partial charge in [0.05, 0.1) is 5.52 Å². The molecule has 0 atom stereocenters. The molecule has 0 aliphatic heterocycles. The van der Waals surface area contributed by atoms with E-state index in [1.54, 1.807) is 6.07 Å². The SMILES string of the molecule is CC(C)NC(=O)CCn1ccc2ccc(F)cc21. The molecule has 0 fully saturated rings. The maximum atomic E-state index is 13.2. The number of benzene rings is 1. The average molecular weight is 248 g/mol. The van der Waals surface area contributed by atoms with Crippen molar-refractivity contribution >= 4 is 16.8 Å². The molecule has 1 amide bonds. The number of halogens is 1. The zero-order valence-corrected chi connectivity index (χ0v) is 10.6. The van der Waals surface area contributed by atoms with E-state index in [9.17, 15) is 9.18 Å². The lowest BCUT2D eigenvalue weighted by molar-refractivity contribution is -0.121. The summed E-state index contributed by atoms with van der Waals surface area (Å²) >= 11 is 0. The van der Waals surface area contributed by atoms with Crippen molar-refractivity contribution in [3.8, 4) is 0 Å². The first-order valence-electron chi connectivity index (χ1n) is 6.10. The molecule has 96 valence electrons. The van der Waals surface area contributed by atoms with Crippen LogP contribution in [-0.4, -0.2) is 16.5 Å². The minimum atomic E-state index is -0.255. The van der Waals surface area contributed by atoms with E-state index < -0.39 is 0 Å². The third-order valence-electron chi connectivity index (χ3n) is 2.77. The average Bonchev–Trinajstić information content (AvgIpc) is 2.68. The third-order valence-corrected chi connectivity index (χ3v) is 2.77. The van der Waals surface area contributed by atoms with Crippen molar-refractivity contribution in [1.82, 2.24) is 9.88 Å². The van der Waals surface area contributed by atoms with Gasteiger partial charge in [-0.25, -0.2) is 4.39 Å². The van der Waals surface area contributed by atoms with Crippen molar-refractivity contribution in [3.63, 3.8) is 0 Å². The van der Waals surface area contributed by atoms with Crippen LogP contribution in [-0.2, 0) is 11.3 Å². The first-order valence-corrected chi connectivity index (χ1v) is 6.10. The zero-order valence-electron chi connectivity index (χ0n) is 10.6. The van der Waals surface area contributed by atoms with Crippen molar-refractivity contribution < 1.29 is 9.18 Å². The van der Waals surface area contributed by atoms with Gasteiger partial charge in [-0.2, -0.15) is 0 Å². The van der Waals surface area contributed by atoms with Crippen LogP contribution in [0.5, 0.6) is 0 Å². The number of amides is 1. The molecule has 3 nitrogen and oxygen atoms in total. The molecule has 2 rings (SSSR count). The smallest absolute Gasteiger partial charge is 0.221 e. The van der Waals surface area contributed by atoms with Crippen LogP contribution in [0.25, 0.3) is 10.9 Å². The van der Waals surface area contributed by atoms with E-state index in [1.165, 1.54) is 12.1 Å². The number of carbonyl (C=O) groups excluding carboxylic acids is 1. The fourth-order valence-electron chi connectivity index (χ4n) is 1.97. The summed E-state index contributed by atoms with van der Waals surface area (Å²) in [6.45, 7) is 4.42. The van der Waals surface area contributed by atoms with Crippen LogP contribution in [0.15, 0.2) is 30.5 Å². The molecule has 0 bridgehead atoms. The van der Waals surface area contributed by atoms with E-state index in [-0.39, 0.29) is 17.8 Å². The second kappa shape index (κ2) is 5.21. The van der Waals surface area contributed by atoms with Gasteiger partial charge in [0, 0.05) is 25.2 Å². The molecule has 18 heavy (non-hydrogen) atoms. The Morgan fingerprint density at radius 2 is 2.17 bits per heavy atom. The maximum absolute atomic E-state index is 13.2. The summed E-state index contributed by atoms with van der Waals surface area (Å²) in [6.07, 6.45) is 2.28. The zero-order chi connectivity index (χ0) is 13.1. The highest BCUT2D eigenvalue weighted by Crippen LogP contribution is 2.17. The Kier molecular flexibility index (Phi) is 3.65. The molecule has 1 aromatic heterocycles. The summed E-state index contributed by atoms with van der Waals surface area (Å²) in [4.78, 5) is 11.6. The summed E-state index contributed by atoms with van der Waals surface area (Å²) in [6, 6.07) is 6.76. The Morgan fingerprint density at radius 1 is 1.39 bits per heavy atom. The van der Waals surface area contributed by atoms with Crippen molar-refractivity contribution in [2.45, 2.75) is 32.9 Å². The molecule has 1 N–H and O–H groups in total. The van der Waals surface area contributed by atoms with Gasteiger partial charge in [-0.15, -0.1) is 0 Å². The van der Waals surface area contributed by atoms with E-state index in [4.69, 9.17) is 0 Å². The molecular weight excluding hydrogens is 231 g/mol. The standard InChI is InChI=1S/C14H17FN2O/c1-10(2)16-14(18)6-8-17-7-5-11-3-4-12(15)9-13(11)17/h3-5,7,9-10H,6,8H2,1-2H3,(H,16,18). The monoisotopic (exact) mass is 248 g/mol. The quantitative estimate of drug-likeness (QED) is 0.886. The Balaban J connectivity index is 2.08. The highest BCUT2D eigenvalue weighted by molar-refractivity contribution is 5.80. The number of carbonyl (C=O) groups is 1. The van der Waals surface area contributed by atoms with Gasteiger partial charge in [0.15, 0.2) is 0 Å². The predicted octanol–water partition coefficient (Wildman–Crippen LogP) is 2.70. The van der Waals surface area contributed by atoms with E-state index in [0.717, 1.165) is 10.9 Å². The molecule has 0 aliphatic carbocycles. The lowest BCUT2D eigenvalue weighted by atomic mass is 10.2. The van der Waals surface area contributed by atoms with Crippen LogP contribution < -0.4 is 5.32 Å². The fourth-order valence-corrected chi connectivity index (χ4v) is 1.97. The van der Waals surface area contributed by atoms with E-state index in [1.807, 2.05) is 30.7 Å². The van der Waals surface area contributed by atoms with Gasteiger partial charge in [-0.1, -0.05) is 0 Å². The Morgan fingerprint density at radius 3 is 2.89 bits per heavy atom. The molecule has 0 aliphatic rings. The Hall–Kier alpha value is -1.84. The van der Waals surface area contributed by atoms with Gasteiger partial charge in [0.2, 0.25) is 5.91 Å². The van der Waals surface area contributed by atoms with Gasteiger partial charge >= 0.3 is 0 Å². The number of fused-ring (bicyclic) bond motifs is 1. The number of hydrogen-bond donors (Lipinski definition) is 1. The molecule has 1 aromatic carbocycles. The summed E-state index contributed by atoms with van der Waals surface area (Å²) in [5.41, 5.74) is 0.826. The predicted molar refractivity (Wildman–Crippen MR) is 69.8 cm³/mol. The number of aromatic nitrogens is 1. The largest absolute Gasteiger partial charge is 0.354 e. The molecular formula is C14H17FN2O. The molecule has 0 unspecified atom stereocenters. The fraction of sp³-hybridized carbons (Fsp3) is 0.357. The highest BCUT2D eigenvalue weighted by Gasteiger charge is 2.06. The molecule has 0 radical (unpaired) electrons. The van der Waals surface area contributed by atoms with Gasteiger partial charge in [0.1, 0.15) is 5.82 Å². The lowest BCUT2D eigenvalue weighted by Crippen LogP contribution is -2.30. The molecule has 0 saturated carbocycles. The molecule has 1 heterocycles. The van der Waals surface area contributed by atoms with Crippen LogP contribution >= 0.6 is 0 Å². The molecule has 0 saturated heterocycles. The minimum absolute atomic E-state index is 0.0169. The number of nitrogens with zero attached hydrogens (tertiary/aromatic N) is 1. The Labute approximate surface area is 106 Å². The number of nitrogens with one attached hydrogen (secondary N) is 1. The lowest BCUT2D eigenvalue weighted by Gasteiger charge is -2.09. The topological polar surface area (TPSA) is 34.0 Å². The number of rotatable bonds is 4. The Bertz CT molecular complexity index is 560.